The molecule has 0 saturated carbocycles. The maximum absolute atomic E-state index is 13.2. The van der Waals surface area contributed by atoms with E-state index >= 15 is 0 Å². The topological polar surface area (TPSA) is 31.0 Å². The van der Waals surface area contributed by atoms with E-state index < -0.39 is 17.8 Å². The highest BCUT2D eigenvalue weighted by molar-refractivity contribution is 5.52. The zero-order valence-electron chi connectivity index (χ0n) is 9.00. The lowest BCUT2D eigenvalue weighted by Gasteiger charge is -2.19. The molecule has 18 heavy (non-hydrogen) atoms. The fraction of sp³-hybridized carbons (Fsp3) is 0.300. The van der Waals surface area contributed by atoms with E-state index in [0.717, 1.165) is 7.05 Å². The smallest absolute Gasteiger partial charge is 0.459 e. The standard InChI is InChI=1S/C10H7F5N2O/c1-17-8(9(11,12)10(13,14)15)5-6(16-17)7-3-2-4-18-7/h2-5H,1H3. The molecule has 0 amide bonds. The minimum absolute atomic E-state index is 0.0820. The molecule has 3 nitrogen and oxygen atoms in total. The summed E-state index contributed by atoms with van der Waals surface area (Å²) in [6.45, 7) is 0. The molecule has 2 aromatic rings. The van der Waals surface area contributed by atoms with E-state index in [1.807, 2.05) is 0 Å². The van der Waals surface area contributed by atoms with E-state index in [2.05, 4.69) is 5.10 Å². The lowest BCUT2D eigenvalue weighted by atomic mass is 10.2. The van der Waals surface area contributed by atoms with Crippen molar-refractivity contribution in [2.24, 2.45) is 7.05 Å². The summed E-state index contributed by atoms with van der Waals surface area (Å²) in [5, 5.41) is 3.58. The van der Waals surface area contributed by atoms with Crippen LogP contribution in [0.4, 0.5) is 22.0 Å². The molecule has 2 rings (SSSR count). The van der Waals surface area contributed by atoms with Gasteiger partial charge in [-0.25, -0.2) is 0 Å². The van der Waals surface area contributed by atoms with Crippen molar-refractivity contribution < 1.29 is 26.4 Å². The first-order chi connectivity index (χ1) is 8.23. The number of hydrogen-bond acceptors (Lipinski definition) is 2. The van der Waals surface area contributed by atoms with Crippen molar-refractivity contribution in [2.45, 2.75) is 12.1 Å². The van der Waals surface area contributed by atoms with Crippen LogP contribution in [-0.4, -0.2) is 16.0 Å². The molecule has 0 fully saturated rings. The molecule has 2 heterocycles. The summed E-state index contributed by atoms with van der Waals surface area (Å²) in [5.74, 6) is -4.84. The molecule has 0 aliphatic carbocycles. The van der Waals surface area contributed by atoms with Crippen LogP contribution in [0.5, 0.6) is 0 Å². The second kappa shape index (κ2) is 3.82. The number of aromatic nitrogens is 2. The quantitative estimate of drug-likeness (QED) is 0.780. The van der Waals surface area contributed by atoms with Crippen LogP contribution in [0.15, 0.2) is 28.9 Å². The first-order valence-electron chi connectivity index (χ1n) is 4.76. The molecule has 0 aliphatic heterocycles. The molecule has 0 radical (unpaired) electrons. The molecule has 2 aromatic heterocycles. The third-order valence-corrected chi connectivity index (χ3v) is 2.33. The third kappa shape index (κ3) is 1.87. The number of hydrogen-bond donors (Lipinski definition) is 0. The number of alkyl halides is 5. The summed E-state index contributed by atoms with van der Waals surface area (Å²) in [6.07, 6.45) is -4.40. The Bertz CT molecular complexity index is 541. The predicted molar refractivity (Wildman–Crippen MR) is 50.9 cm³/mol. The Labute approximate surface area is 97.8 Å². The van der Waals surface area contributed by atoms with Crippen molar-refractivity contribution in [1.29, 1.82) is 0 Å². The van der Waals surface area contributed by atoms with Crippen molar-refractivity contribution >= 4 is 0 Å². The highest BCUT2D eigenvalue weighted by Crippen LogP contribution is 2.44. The number of nitrogens with zero attached hydrogens (tertiary/aromatic N) is 2. The van der Waals surface area contributed by atoms with Crippen LogP contribution in [0.3, 0.4) is 0 Å². The van der Waals surface area contributed by atoms with Crippen molar-refractivity contribution in [2.75, 3.05) is 0 Å². The molecular formula is C10H7F5N2O. The Hall–Kier alpha value is -1.86. The zero-order chi connectivity index (χ0) is 13.6. The Balaban J connectivity index is 2.48. The Morgan fingerprint density at radius 3 is 2.39 bits per heavy atom. The molecule has 0 aliphatic rings. The van der Waals surface area contributed by atoms with Crippen LogP contribution in [0.1, 0.15) is 5.69 Å². The van der Waals surface area contributed by atoms with Crippen molar-refractivity contribution in [3.63, 3.8) is 0 Å². The Morgan fingerprint density at radius 1 is 1.22 bits per heavy atom. The lowest BCUT2D eigenvalue weighted by molar-refractivity contribution is -0.291. The number of furan rings is 1. The van der Waals surface area contributed by atoms with Crippen LogP contribution in [0, 0.1) is 0 Å². The summed E-state index contributed by atoms with van der Waals surface area (Å²) in [4.78, 5) is 0. The molecule has 0 saturated heterocycles. The van der Waals surface area contributed by atoms with Gasteiger partial charge in [0.15, 0.2) is 5.76 Å². The normalized spacial score (nSPS) is 13.0. The van der Waals surface area contributed by atoms with Gasteiger partial charge in [-0.3, -0.25) is 4.68 Å². The van der Waals surface area contributed by atoms with Gasteiger partial charge in [0.25, 0.3) is 0 Å². The van der Waals surface area contributed by atoms with Crippen LogP contribution in [-0.2, 0) is 13.0 Å². The average molecular weight is 266 g/mol. The molecule has 0 aromatic carbocycles. The van der Waals surface area contributed by atoms with Gasteiger partial charge in [-0.1, -0.05) is 0 Å². The highest BCUT2D eigenvalue weighted by atomic mass is 19.4. The molecule has 0 atom stereocenters. The van der Waals surface area contributed by atoms with Gasteiger partial charge in [-0.15, -0.1) is 0 Å². The maximum atomic E-state index is 13.2. The van der Waals surface area contributed by atoms with Crippen LogP contribution >= 0.6 is 0 Å². The van der Waals surface area contributed by atoms with E-state index in [9.17, 15) is 22.0 Å². The van der Waals surface area contributed by atoms with Gasteiger partial charge < -0.3 is 4.42 Å². The summed E-state index contributed by atoms with van der Waals surface area (Å²) in [6, 6.07) is 3.55. The average Bonchev–Trinajstić information content (AvgIpc) is 2.83. The van der Waals surface area contributed by atoms with Gasteiger partial charge in [0.05, 0.1) is 6.26 Å². The predicted octanol–water partition coefficient (Wildman–Crippen LogP) is 3.33. The molecule has 0 N–H and O–H groups in total. The maximum Gasteiger partial charge on any atom is 0.459 e. The minimum Gasteiger partial charge on any atom is -0.463 e. The molecule has 98 valence electrons. The molecule has 0 bridgehead atoms. The molecular weight excluding hydrogens is 259 g/mol. The van der Waals surface area contributed by atoms with Gasteiger partial charge in [0, 0.05) is 7.05 Å². The fourth-order valence-electron chi connectivity index (χ4n) is 1.45. The largest absolute Gasteiger partial charge is 0.463 e. The van der Waals surface area contributed by atoms with Gasteiger partial charge in [-0.2, -0.15) is 27.1 Å². The van der Waals surface area contributed by atoms with E-state index in [4.69, 9.17) is 4.42 Å². The van der Waals surface area contributed by atoms with Gasteiger partial charge >= 0.3 is 12.1 Å². The molecule has 8 heteroatoms. The van der Waals surface area contributed by atoms with Crippen LogP contribution < -0.4 is 0 Å². The van der Waals surface area contributed by atoms with E-state index in [0.29, 0.717) is 10.7 Å². The van der Waals surface area contributed by atoms with Crippen LogP contribution in [0.25, 0.3) is 11.5 Å². The summed E-state index contributed by atoms with van der Waals surface area (Å²) in [5.41, 5.74) is -1.32. The number of aryl methyl sites for hydroxylation is 1. The second-order valence-electron chi connectivity index (χ2n) is 3.59. The van der Waals surface area contributed by atoms with E-state index in [-0.39, 0.29) is 11.5 Å². The first-order valence-corrected chi connectivity index (χ1v) is 4.76. The van der Waals surface area contributed by atoms with Crippen molar-refractivity contribution in [3.8, 4) is 11.5 Å². The number of halogens is 5. The summed E-state index contributed by atoms with van der Waals surface area (Å²) >= 11 is 0. The van der Waals surface area contributed by atoms with E-state index in [1.54, 1.807) is 0 Å². The highest BCUT2D eigenvalue weighted by Gasteiger charge is 2.60. The summed E-state index contributed by atoms with van der Waals surface area (Å²) < 4.78 is 68.4. The Morgan fingerprint density at radius 2 is 1.89 bits per heavy atom. The monoisotopic (exact) mass is 266 g/mol. The van der Waals surface area contributed by atoms with Gasteiger partial charge in [0.2, 0.25) is 0 Å². The number of rotatable bonds is 2. The van der Waals surface area contributed by atoms with E-state index in [1.165, 1.54) is 18.4 Å². The SMILES string of the molecule is Cn1nc(-c2ccco2)cc1C(F)(F)C(F)(F)F. The molecule has 0 unspecified atom stereocenters. The summed E-state index contributed by atoms with van der Waals surface area (Å²) in [7, 11) is 1.02. The van der Waals surface area contributed by atoms with Crippen molar-refractivity contribution in [1.82, 2.24) is 9.78 Å². The second-order valence-corrected chi connectivity index (χ2v) is 3.59. The minimum atomic E-state index is -5.67. The Kier molecular flexibility index (Phi) is 2.67. The lowest BCUT2D eigenvalue weighted by Crippen LogP contribution is -2.35. The van der Waals surface area contributed by atoms with Crippen LogP contribution in [0.2, 0.25) is 0 Å². The first kappa shape index (κ1) is 12.6. The van der Waals surface area contributed by atoms with Gasteiger partial charge in [0.1, 0.15) is 11.4 Å². The third-order valence-electron chi connectivity index (χ3n) is 2.33. The van der Waals surface area contributed by atoms with Gasteiger partial charge in [-0.05, 0) is 18.2 Å². The fourth-order valence-corrected chi connectivity index (χ4v) is 1.45. The molecule has 0 spiro atoms. The van der Waals surface area contributed by atoms with Crippen molar-refractivity contribution in [3.05, 3.63) is 30.2 Å². The zero-order valence-corrected chi connectivity index (χ0v) is 9.00.